The van der Waals surface area contributed by atoms with Gasteiger partial charge < -0.3 is 14.7 Å². The fourth-order valence-corrected chi connectivity index (χ4v) is 12.6. The Bertz CT molecular complexity index is 978. The molecule has 0 spiro atoms. The summed E-state index contributed by atoms with van der Waals surface area (Å²) >= 11 is 0. The zero-order valence-electron chi connectivity index (χ0n) is 53.3. The minimum atomic E-state index is 0.908. The van der Waals surface area contributed by atoms with Gasteiger partial charge in [-0.25, -0.2) is 0 Å². The Balaban J connectivity index is 2.72. The molecule has 4 heteroatoms. The third-order valence-electron chi connectivity index (χ3n) is 18.2. The smallest absolute Gasteiger partial charge is 0.0110 e. The van der Waals surface area contributed by atoms with Crippen LogP contribution in [-0.2, 0) is 0 Å². The Labute approximate surface area is 476 Å². The van der Waals surface area contributed by atoms with E-state index in [0.29, 0.717) is 0 Å². The Kier molecular flexibility index (Phi) is 59.7. The number of hydrogen-bond acceptors (Lipinski definition) is 4. The first kappa shape index (κ1) is 72.9. The summed E-state index contributed by atoms with van der Waals surface area (Å²) in [6.45, 7) is 27.6. The van der Waals surface area contributed by atoms with E-state index in [0.717, 1.165) is 5.92 Å². The third kappa shape index (κ3) is 52.9. The maximum absolute atomic E-state index is 2.97. The summed E-state index contributed by atoms with van der Waals surface area (Å²) in [4.78, 5) is 11.6. The summed E-state index contributed by atoms with van der Waals surface area (Å²) in [5.74, 6) is 0.908. The van der Waals surface area contributed by atoms with E-state index in [2.05, 4.69) is 54.2 Å². The first-order valence-electron chi connectivity index (χ1n) is 36.1. The van der Waals surface area contributed by atoms with Crippen LogP contribution in [0.1, 0.15) is 375 Å². The van der Waals surface area contributed by atoms with Gasteiger partial charge in [0.05, 0.1) is 0 Å². The number of hydrogen-bond donors (Lipinski definition) is 0. The van der Waals surface area contributed by atoms with Crippen molar-refractivity contribution in [1.82, 2.24) is 19.6 Å². The lowest BCUT2D eigenvalue weighted by Gasteiger charge is -2.36. The molecule has 1 atom stereocenters. The van der Waals surface area contributed by atoms with E-state index in [9.17, 15) is 0 Å². The Hall–Kier alpha value is -0.160. The lowest BCUT2D eigenvalue weighted by atomic mass is 9.93. The van der Waals surface area contributed by atoms with E-state index >= 15 is 0 Å². The topological polar surface area (TPSA) is 13.0 Å². The van der Waals surface area contributed by atoms with Crippen LogP contribution in [0.3, 0.4) is 0 Å². The molecule has 1 saturated heterocycles. The molecule has 1 aliphatic rings. The molecule has 75 heavy (non-hydrogen) atoms. The Morgan fingerprint density at radius 2 is 0.440 bits per heavy atom. The van der Waals surface area contributed by atoms with E-state index in [1.165, 1.54) is 419 Å². The average molecular weight is 1060 g/mol. The van der Waals surface area contributed by atoms with Gasteiger partial charge in [-0.05, 0) is 83.7 Å². The van der Waals surface area contributed by atoms with Gasteiger partial charge in [0, 0.05) is 39.3 Å². The quantitative estimate of drug-likeness (QED) is 0.0563. The number of piperazine rings is 1. The first-order valence-corrected chi connectivity index (χ1v) is 36.1. The molecular weight excluding hydrogens is 909 g/mol. The Morgan fingerprint density at radius 1 is 0.213 bits per heavy atom. The number of nitrogens with zero attached hydrogens (tertiary/aromatic N) is 4. The van der Waals surface area contributed by atoms with Crippen molar-refractivity contribution < 1.29 is 0 Å². The van der Waals surface area contributed by atoms with Crippen LogP contribution in [0.15, 0.2) is 0 Å². The highest BCUT2D eigenvalue weighted by atomic mass is 15.3. The summed E-state index contributed by atoms with van der Waals surface area (Å²) in [5, 5.41) is 0. The van der Waals surface area contributed by atoms with Crippen molar-refractivity contribution >= 4 is 0 Å². The summed E-state index contributed by atoms with van der Waals surface area (Å²) in [6, 6.07) is 0. The predicted molar refractivity (Wildman–Crippen MR) is 342 cm³/mol. The van der Waals surface area contributed by atoms with Crippen LogP contribution >= 0.6 is 0 Å². The molecule has 4 nitrogen and oxygen atoms in total. The molecule has 0 N–H and O–H groups in total. The number of unbranched alkanes of at least 4 members (excludes halogenated alkanes) is 45. The van der Waals surface area contributed by atoms with Crippen LogP contribution in [0.2, 0.25) is 0 Å². The molecule has 0 radical (unpaired) electrons. The zero-order valence-corrected chi connectivity index (χ0v) is 53.3. The second-order valence-corrected chi connectivity index (χ2v) is 25.5. The second-order valence-electron chi connectivity index (χ2n) is 25.5. The highest BCUT2D eigenvalue weighted by molar-refractivity contribution is 4.76. The van der Waals surface area contributed by atoms with Gasteiger partial charge in [0.1, 0.15) is 0 Å². The summed E-state index contributed by atoms with van der Waals surface area (Å²) in [7, 11) is 0. The van der Waals surface area contributed by atoms with Crippen molar-refractivity contribution in [3.63, 3.8) is 0 Å². The molecule has 0 bridgehead atoms. The fraction of sp³-hybridized carbons (Fsp3) is 1.00. The van der Waals surface area contributed by atoms with Gasteiger partial charge in [-0.1, -0.05) is 336 Å². The zero-order chi connectivity index (χ0) is 53.8. The van der Waals surface area contributed by atoms with Crippen LogP contribution in [0.5, 0.6) is 0 Å². The summed E-state index contributed by atoms with van der Waals surface area (Å²) in [5.41, 5.74) is 0. The van der Waals surface area contributed by atoms with Crippen LogP contribution in [0, 0.1) is 5.92 Å². The van der Waals surface area contributed by atoms with Crippen LogP contribution in [0.25, 0.3) is 0 Å². The van der Waals surface area contributed by atoms with E-state index in [1.807, 2.05) is 0 Å². The highest BCUT2D eigenvalue weighted by Gasteiger charge is 2.20. The van der Waals surface area contributed by atoms with Gasteiger partial charge in [0.25, 0.3) is 0 Å². The number of rotatable bonds is 64. The van der Waals surface area contributed by atoms with Crippen LogP contribution in [0.4, 0.5) is 0 Å². The molecular formula is C71H146N4. The first-order chi connectivity index (χ1) is 37.2. The molecule has 0 aromatic rings. The van der Waals surface area contributed by atoms with Crippen molar-refractivity contribution in [2.75, 3.05) is 78.5 Å². The lowest BCUT2D eigenvalue weighted by molar-refractivity contribution is 0.111. The molecule has 0 amide bonds. The monoisotopic (exact) mass is 1060 g/mol. The van der Waals surface area contributed by atoms with Gasteiger partial charge >= 0.3 is 0 Å². The molecule has 1 unspecified atom stereocenters. The molecule has 1 rings (SSSR count). The second kappa shape index (κ2) is 61.5. The van der Waals surface area contributed by atoms with Crippen molar-refractivity contribution in [2.24, 2.45) is 5.92 Å². The third-order valence-corrected chi connectivity index (χ3v) is 18.2. The largest absolute Gasteiger partial charge is 0.303 e. The molecule has 0 aromatic heterocycles. The van der Waals surface area contributed by atoms with E-state index < -0.39 is 0 Å². The van der Waals surface area contributed by atoms with E-state index in [1.54, 1.807) is 0 Å². The van der Waals surface area contributed by atoms with Crippen LogP contribution < -0.4 is 0 Å². The normalized spacial score (nSPS) is 14.1. The van der Waals surface area contributed by atoms with E-state index in [4.69, 9.17) is 0 Å². The van der Waals surface area contributed by atoms with Gasteiger partial charge in [-0.15, -0.1) is 0 Å². The summed E-state index contributed by atoms with van der Waals surface area (Å²) < 4.78 is 0. The van der Waals surface area contributed by atoms with Gasteiger partial charge in [-0.2, -0.15) is 0 Å². The van der Waals surface area contributed by atoms with E-state index in [-0.39, 0.29) is 0 Å². The maximum Gasteiger partial charge on any atom is 0.0110 e. The molecule has 1 fully saturated rings. The molecule has 1 aliphatic heterocycles. The van der Waals surface area contributed by atoms with Crippen molar-refractivity contribution in [1.29, 1.82) is 0 Å². The molecule has 0 saturated carbocycles. The fourth-order valence-electron chi connectivity index (χ4n) is 12.6. The van der Waals surface area contributed by atoms with Crippen molar-refractivity contribution in [2.45, 2.75) is 375 Å². The van der Waals surface area contributed by atoms with Gasteiger partial charge in [0.2, 0.25) is 0 Å². The molecule has 0 aliphatic carbocycles. The van der Waals surface area contributed by atoms with Crippen LogP contribution in [-0.4, -0.2) is 98.1 Å². The van der Waals surface area contributed by atoms with Crippen molar-refractivity contribution in [3.05, 3.63) is 0 Å². The maximum atomic E-state index is 2.97. The molecule has 0 aromatic carbocycles. The highest BCUT2D eigenvalue weighted by Crippen LogP contribution is 2.23. The average Bonchev–Trinajstić information content (AvgIpc) is 3.42. The standard InChI is InChI=1S/C71H146N4/c1-6-11-16-21-26-31-36-41-46-51-56-71(57-63-72(59-52-47-42-37-32-27-22-17-12-7-2)60-53-48-43-38-33-28-23-18-13-8-3)58-64-74-66-69-75(70-67-74)68-65-73(61-54-49-44-39-34-29-24-19-14-9-4)62-55-50-45-40-35-30-25-20-15-10-5/h71H,6-70H2,1-5H3. The molecule has 1 heterocycles. The van der Waals surface area contributed by atoms with Gasteiger partial charge in [-0.3, -0.25) is 4.90 Å². The minimum Gasteiger partial charge on any atom is -0.303 e. The minimum absolute atomic E-state index is 0.908. The molecule has 450 valence electrons. The lowest BCUT2D eigenvalue weighted by Crippen LogP contribution is -2.48. The SMILES string of the molecule is CCCCCCCCCCCCC(CCN(CCCCCCCCCCCC)CCCCCCCCCCCC)CCN1CCN(CCN(CCCCCCCCCCCC)CCCCCCCCCCCC)CC1. The summed E-state index contributed by atoms with van der Waals surface area (Å²) in [6.07, 6.45) is 76.8. The van der Waals surface area contributed by atoms with Crippen molar-refractivity contribution in [3.8, 4) is 0 Å². The van der Waals surface area contributed by atoms with Gasteiger partial charge in [0.15, 0.2) is 0 Å². The predicted octanol–water partition coefficient (Wildman–Crippen LogP) is 22.6. The Morgan fingerprint density at radius 3 is 0.720 bits per heavy atom.